The Balaban J connectivity index is 1.53. The molecule has 2 fully saturated rings. The van der Waals surface area contributed by atoms with Gasteiger partial charge in [0.1, 0.15) is 0 Å². The highest BCUT2D eigenvalue weighted by atomic mass is 16.5. The molecule has 24 heavy (non-hydrogen) atoms. The maximum atomic E-state index is 12.7. The minimum Gasteiger partial charge on any atom is -0.381 e. The first-order chi connectivity index (χ1) is 11.6. The molecule has 2 atom stereocenters. The SMILES string of the molecule is CCC1(CC)[C@@H](OC)C[C@H]1NC(=O)N1CCC(n2ccnc2)CC1. The molecule has 1 N–H and O–H groups in total. The maximum Gasteiger partial charge on any atom is 0.317 e. The number of ether oxygens (including phenoxy) is 1. The van der Waals surface area contributed by atoms with E-state index in [0.717, 1.165) is 45.2 Å². The smallest absolute Gasteiger partial charge is 0.317 e. The van der Waals surface area contributed by atoms with Gasteiger partial charge in [-0.05, 0) is 32.1 Å². The number of urea groups is 1. The number of rotatable bonds is 5. The molecule has 0 bridgehead atoms. The Morgan fingerprint density at radius 2 is 2.04 bits per heavy atom. The van der Waals surface area contributed by atoms with Crippen LogP contribution in [0.2, 0.25) is 0 Å². The van der Waals surface area contributed by atoms with E-state index in [1.54, 1.807) is 7.11 Å². The fourth-order valence-electron chi connectivity index (χ4n) is 4.57. The van der Waals surface area contributed by atoms with Crippen LogP contribution >= 0.6 is 0 Å². The molecule has 6 heteroatoms. The number of hydrogen-bond acceptors (Lipinski definition) is 3. The molecule has 6 nitrogen and oxygen atoms in total. The van der Waals surface area contributed by atoms with E-state index in [9.17, 15) is 4.79 Å². The normalized spacial score (nSPS) is 26.9. The largest absolute Gasteiger partial charge is 0.381 e. The van der Waals surface area contributed by atoms with E-state index in [2.05, 4.69) is 28.7 Å². The minimum absolute atomic E-state index is 0.0879. The van der Waals surface area contributed by atoms with Gasteiger partial charge in [0, 0.05) is 50.1 Å². The zero-order valence-corrected chi connectivity index (χ0v) is 15.1. The number of likely N-dealkylation sites (tertiary alicyclic amines) is 1. The molecular formula is C18H30N4O2. The van der Waals surface area contributed by atoms with Gasteiger partial charge in [-0.15, -0.1) is 0 Å². The average molecular weight is 334 g/mol. The molecule has 1 saturated heterocycles. The van der Waals surface area contributed by atoms with Crippen LogP contribution in [-0.2, 0) is 4.74 Å². The number of hydrogen-bond donors (Lipinski definition) is 1. The molecule has 134 valence electrons. The molecular weight excluding hydrogens is 304 g/mol. The maximum absolute atomic E-state index is 12.7. The van der Waals surface area contributed by atoms with Gasteiger partial charge < -0.3 is 19.5 Å². The Labute approximate surface area is 144 Å². The Kier molecular flexibility index (Phi) is 5.13. The van der Waals surface area contributed by atoms with E-state index in [0.29, 0.717) is 6.04 Å². The van der Waals surface area contributed by atoms with Gasteiger partial charge in [-0.1, -0.05) is 13.8 Å². The Hall–Kier alpha value is -1.56. The number of carbonyl (C=O) groups excluding carboxylic acids is 1. The van der Waals surface area contributed by atoms with Gasteiger partial charge in [-0.3, -0.25) is 0 Å². The van der Waals surface area contributed by atoms with Crippen molar-refractivity contribution >= 4 is 6.03 Å². The summed E-state index contributed by atoms with van der Waals surface area (Å²) >= 11 is 0. The van der Waals surface area contributed by atoms with Crippen LogP contribution < -0.4 is 5.32 Å². The third-order valence-corrected chi connectivity index (χ3v) is 6.38. The molecule has 1 aliphatic carbocycles. The van der Waals surface area contributed by atoms with Gasteiger partial charge in [0.15, 0.2) is 0 Å². The molecule has 2 heterocycles. The summed E-state index contributed by atoms with van der Waals surface area (Å²) in [6.07, 6.45) is 10.9. The molecule has 1 saturated carbocycles. The van der Waals surface area contributed by atoms with Crippen LogP contribution in [0.5, 0.6) is 0 Å². The number of carbonyl (C=O) groups is 1. The number of amides is 2. The summed E-state index contributed by atoms with van der Waals surface area (Å²) in [7, 11) is 1.78. The second kappa shape index (κ2) is 7.13. The van der Waals surface area contributed by atoms with Crippen molar-refractivity contribution in [2.75, 3.05) is 20.2 Å². The molecule has 0 unspecified atom stereocenters. The summed E-state index contributed by atoms with van der Waals surface area (Å²) in [5, 5.41) is 3.28. The fourth-order valence-corrected chi connectivity index (χ4v) is 4.57. The van der Waals surface area contributed by atoms with Crippen LogP contribution in [0.15, 0.2) is 18.7 Å². The van der Waals surface area contributed by atoms with Crippen LogP contribution in [0.1, 0.15) is 52.0 Å². The number of methoxy groups -OCH3 is 1. The quantitative estimate of drug-likeness (QED) is 0.901. The number of aromatic nitrogens is 2. The molecule has 1 aromatic heterocycles. The fraction of sp³-hybridized carbons (Fsp3) is 0.778. The van der Waals surface area contributed by atoms with Gasteiger partial charge >= 0.3 is 6.03 Å². The predicted molar refractivity (Wildman–Crippen MR) is 92.8 cm³/mol. The van der Waals surface area contributed by atoms with Crippen molar-refractivity contribution in [1.29, 1.82) is 0 Å². The lowest BCUT2D eigenvalue weighted by Crippen LogP contribution is -2.65. The zero-order chi connectivity index (χ0) is 17.2. The summed E-state index contributed by atoms with van der Waals surface area (Å²) in [4.78, 5) is 18.7. The second-order valence-corrected chi connectivity index (χ2v) is 7.13. The van der Waals surface area contributed by atoms with Gasteiger partial charge in [-0.25, -0.2) is 9.78 Å². The third kappa shape index (κ3) is 2.92. The molecule has 1 aromatic rings. The summed E-state index contributed by atoms with van der Waals surface area (Å²) in [6, 6.07) is 0.782. The van der Waals surface area contributed by atoms with Crippen LogP contribution in [0.4, 0.5) is 4.79 Å². The minimum atomic E-state index is 0.0879. The molecule has 1 aliphatic heterocycles. The molecule has 0 radical (unpaired) electrons. The van der Waals surface area contributed by atoms with Crippen LogP contribution in [0, 0.1) is 5.41 Å². The van der Waals surface area contributed by atoms with E-state index >= 15 is 0 Å². The van der Waals surface area contributed by atoms with Crippen molar-refractivity contribution in [1.82, 2.24) is 19.8 Å². The Bertz CT molecular complexity index is 533. The van der Waals surface area contributed by atoms with Gasteiger partial charge in [0.25, 0.3) is 0 Å². The van der Waals surface area contributed by atoms with Crippen molar-refractivity contribution in [3.05, 3.63) is 18.7 Å². The van der Waals surface area contributed by atoms with E-state index in [4.69, 9.17) is 4.74 Å². The Morgan fingerprint density at radius 1 is 1.33 bits per heavy atom. The lowest BCUT2D eigenvalue weighted by molar-refractivity contribution is -0.120. The highest BCUT2D eigenvalue weighted by Crippen LogP contribution is 2.48. The van der Waals surface area contributed by atoms with E-state index in [-0.39, 0.29) is 23.6 Å². The predicted octanol–water partition coefficient (Wildman–Crippen LogP) is 2.82. The number of nitrogens with zero attached hydrogens (tertiary/aromatic N) is 3. The van der Waals surface area contributed by atoms with Crippen molar-refractivity contribution in [3.8, 4) is 0 Å². The first-order valence-electron chi connectivity index (χ1n) is 9.20. The molecule has 0 aromatic carbocycles. The van der Waals surface area contributed by atoms with E-state index in [1.807, 2.05) is 23.6 Å². The van der Waals surface area contributed by atoms with E-state index < -0.39 is 0 Å². The first-order valence-corrected chi connectivity index (χ1v) is 9.20. The lowest BCUT2D eigenvalue weighted by Gasteiger charge is -2.55. The summed E-state index contributed by atoms with van der Waals surface area (Å²) in [6.45, 7) is 6.01. The lowest BCUT2D eigenvalue weighted by atomic mass is 9.58. The molecule has 2 aliphatic rings. The standard InChI is InChI=1S/C18H30N4O2/c1-4-18(5-2)15(12-16(18)24-3)20-17(23)21-9-6-14(7-10-21)22-11-8-19-13-22/h8,11,13-16H,4-7,9-10,12H2,1-3H3,(H,20,23)/t15-,16+/m1/s1. The van der Waals surface area contributed by atoms with E-state index in [1.165, 1.54) is 0 Å². The summed E-state index contributed by atoms with van der Waals surface area (Å²) < 4.78 is 7.78. The second-order valence-electron chi connectivity index (χ2n) is 7.13. The number of piperidine rings is 1. The zero-order valence-electron chi connectivity index (χ0n) is 15.1. The molecule has 3 rings (SSSR count). The van der Waals surface area contributed by atoms with Crippen molar-refractivity contribution in [2.24, 2.45) is 5.41 Å². The molecule has 0 spiro atoms. The summed E-state index contributed by atoms with van der Waals surface area (Å²) in [5.41, 5.74) is 0.0968. The number of nitrogens with one attached hydrogen (secondary N) is 1. The van der Waals surface area contributed by atoms with Crippen LogP contribution in [0.3, 0.4) is 0 Å². The Morgan fingerprint density at radius 3 is 2.58 bits per heavy atom. The monoisotopic (exact) mass is 334 g/mol. The van der Waals surface area contributed by atoms with Crippen molar-refractivity contribution in [2.45, 2.75) is 64.1 Å². The topological polar surface area (TPSA) is 59.4 Å². The van der Waals surface area contributed by atoms with Crippen molar-refractivity contribution < 1.29 is 9.53 Å². The highest BCUT2D eigenvalue weighted by molar-refractivity contribution is 5.75. The first kappa shape index (κ1) is 17.3. The summed E-state index contributed by atoms with van der Waals surface area (Å²) in [5.74, 6) is 0. The highest BCUT2D eigenvalue weighted by Gasteiger charge is 2.53. The van der Waals surface area contributed by atoms with Gasteiger partial charge in [0.05, 0.1) is 12.4 Å². The molecule has 2 amide bonds. The van der Waals surface area contributed by atoms with Crippen molar-refractivity contribution in [3.63, 3.8) is 0 Å². The average Bonchev–Trinajstić information content (AvgIpc) is 3.14. The van der Waals surface area contributed by atoms with Gasteiger partial charge in [-0.2, -0.15) is 0 Å². The van der Waals surface area contributed by atoms with Crippen LogP contribution in [-0.4, -0.2) is 52.8 Å². The number of imidazole rings is 1. The third-order valence-electron chi connectivity index (χ3n) is 6.38. The van der Waals surface area contributed by atoms with Crippen LogP contribution in [0.25, 0.3) is 0 Å². The van der Waals surface area contributed by atoms with Gasteiger partial charge in [0.2, 0.25) is 0 Å².